The lowest BCUT2D eigenvalue weighted by Gasteiger charge is -2.06. The fourth-order valence-corrected chi connectivity index (χ4v) is 1.34. The molecule has 13 heavy (non-hydrogen) atoms. The molecule has 0 saturated heterocycles. The van der Waals surface area contributed by atoms with Crippen LogP contribution in [0.15, 0.2) is 12.1 Å². The summed E-state index contributed by atoms with van der Waals surface area (Å²) in [6.45, 7) is 2.35. The lowest BCUT2D eigenvalue weighted by atomic mass is 10.1. The Kier molecular flexibility index (Phi) is 5.14. The molecule has 1 aromatic carbocycles. The van der Waals surface area contributed by atoms with Crippen LogP contribution in [-0.2, 0) is 13.0 Å². The van der Waals surface area contributed by atoms with E-state index in [4.69, 9.17) is 17.3 Å². The van der Waals surface area contributed by atoms with Gasteiger partial charge in [-0.2, -0.15) is 0 Å². The molecule has 0 aliphatic heterocycles. The summed E-state index contributed by atoms with van der Waals surface area (Å²) < 4.78 is 0. The van der Waals surface area contributed by atoms with Gasteiger partial charge in [0.05, 0.1) is 5.02 Å². The van der Waals surface area contributed by atoms with E-state index in [2.05, 4.69) is 0 Å². The third-order valence-corrected chi connectivity index (χ3v) is 2.12. The van der Waals surface area contributed by atoms with Gasteiger partial charge in [-0.05, 0) is 18.1 Å². The monoisotopic (exact) mass is 221 g/mol. The molecule has 4 heteroatoms. The molecule has 74 valence electrons. The number of halogens is 2. The number of nitrogens with two attached hydrogens (primary N) is 1. The summed E-state index contributed by atoms with van der Waals surface area (Å²) in [5, 5.41) is 9.79. The highest BCUT2D eigenvalue weighted by molar-refractivity contribution is 6.32. The van der Waals surface area contributed by atoms with Crippen molar-refractivity contribution in [2.45, 2.75) is 19.9 Å². The largest absolute Gasteiger partial charge is 0.506 e. The third kappa shape index (κ3) is 2.76. The second-order valence-corrected chi connectivity index (χ2v) is 3.05. The van der Waals surface area contributed by atoms with Crippen LogP contribution in [0.2, 0.25) is 5.02 Å². The van der Waals surface area contributed by atoms with Crippen LogP contribution in [0, 0.1) is 0 Å². The second kappa shape index (κ2) is 5.32. The van der Waals surface area contributed by atoms with Gasteiger partial charge in [0, 0.05) is 12.1 Å². The number of aryl methyl sites for hydroxylation is 1. The molecule has 0 amide bonds. The molecule has 0 radical (unpaired) electrons. The number of aromatic hydroxyl groups is 1. The third-order valence-electron chi connectivity index (χ3n) is 1.83. The Bertz CT molecular complexity index is 289. The van der Waals surface area contributed by atoms with Gasteiger partial charge >= 0.3 is 0 Å². The van der Waals surface area contributed by atoms with Gasteiger partial charge < -0.3 is 10.8 Å². The quantitative estimate of drug-likeness (QED) is 0.807. The Morgan fingerprint density at radius 1 is 1.46 bits per heavy atom. The first-order valence-corrected chi connectivity index (χ1v) is 4.27. The van der Waals surface area contributed by atoms with E-state index in [-0.39, 0.29) is 18.2 Å². The smallest absolute Gasteiger partial charge is 0.138 e. The number of phenolic OH excluding ortho intramolecular Hbond substituents is 1. The van der Waals surface area contributed by atoms with Crippen molar-refractivity contribution in [1.29, 1.82) is 0 Å². The van der Waals surface area contributed by atoms with Crippen LogP contribution < -0.4 is 5.73 Å². The maximum Gasteiger partial charge on any atom is 0.138 e. The van der Waals surface area contributed by atoms with Gasteiger partial charge in [0.25, 0.3) is 0 Å². The van der Waals surface area contributed by atoms with Crippen LogP contribution in [0.25, 0.3) is 0 Å². The van der Waals surface area contributed by atoms with Crippen LogP contribution >= 0.6 is 24.0 Å². The lowest BCUT2D eigenvalue weighted by molar-refractivity contribution is 0.468. The van der Waals surface area contributed by atoms with Gasteiger partial charge in [-0.25, -0.2) is 0 Å². The van der Waals surface area contributed by atoms with Crippen LogP contribution in [0.1, 0.15) is 18.1 Å². The SMILES string of the molecule is CCc1cc(Cl)c(O)c(CN)c1.Cl. The minimum Gasteiger partial charge on any atom is -0.506 e. The molecule has 0 atom stereocenters. The fourth-order valence-electron chi connectivity index (χ4n) is 1.08. The van der Waals surface area contributed by atoms with Crippen LogP contribution in [-0.4, -0.2) is 5.11 Å². The van der Waals surface area contributed by atoms with Gasteiger partial charge in [-0.15, -0.1) is 12.4 Å². The average Bonchev–Trinajstić information content (AvgIpc) is 2.09. The van der Waals surface area contributed by atoms with Gasteiger partial charge in [-0.3, -0.25) is 0 Å². The van der Waals surface area contributed by atoms with Crippen LogP contribution in [0.4, 0.5) is 0 Å². The van der Waals surface area contributed by atoms with Crippen molar-refractivity contribution in [2.75, 3.05) is 0 Å². The number of hydrogen-bond donors (Lipinski definition) is 2. The normalized spacial score (nSPS) is 9.46. The Labute approximate surface area is 89.1 Å². The van der Waals surface area contributed by atoms with E-state index in [1.807, 2.05) is 13.0 Å². The lowest BCUT2D eigenvalue weighted by Crippen LogP contribution is -1.98. The molecule has 2 nitrogen and oxygen atoms in total. The maximum absolute atomic E-state index is 9.41. The maximum atomic E-state index is 9.41. The van der Waals surface area contributed by atoms with Gasteiger partial charge in [0.1, 0.15) is 5.75 Å². The molecule has 0 bridgehead atoms. The number of hydrogen-bond acceptors (Lipinski definition) is 2. The molecule has 0 unspecified atom stereocenters. The minimum atomic E-state index is 0. The molecule has 1 aromatic rings. The second-order valence-electron chi connectivity index (χ2n) is 2.64. The zero-order valence-electron chi connectivity index (χ0n) is 7.38. The molecule has 0 fully saturated rings. The van der Waals surface area contributed by atoms with Gasteiger partial charge in [-0.1, -0.05) is 24.6 Å². The molecular formula is C9H13Cl2NO. The molecule has 0 heterocycles. The topological polar surface area (TPSA) is 46.2 Å². The van der Waals surface area contributed by atoms with E-state index >= 15 is 0 Å². The van der Waals surface area contributed by atoms with Gasteiger partial charge in [0.15, 0.2) is 0 Å². The molecular weight excluding hydrogens is 209 g/mol. The summed E-state index contributed by atoms with van der Waals surface area (Å²) in [4.78, 5) is 0. The van der Waals surface area contributed by atoms with E-state index in [1.54, 1.807) is 6.07 Å². The zero-order chi connectivity index (χ0) is 9.14. The number of benzene rings is 1. The van der Waals surface area contributed by atoms with Crippen molar-refractivity contribution >= 4 is 24.0 Å². The summed E-state index contributed by atoms with van der Waals surface area (Å²) in [6.07, 6.45) is 0.896. The van der Waals surface area contributed by atoms with Crippen molar-refractivity contribution in [3.63, 3.8) is 0 Å². The highest BCUT2D eigenvalue weighted by Gasteiger charge is 2.05. The van der Waals surface area contributed by atoms with Crippen molar-refractivity contribution in [2.24, 2.45) is 5.73 Å². The molecule has 1 rings (SSSR count). The first-order valence-electron chi connectivity index (χ1n) is 3.89. The fraction of sp³-hybridized carbons (Fsp3) is 0.333. The number of rotatable bonds is 2. The van der Waals surface area contributed by atoms with E-state index in [0.717, 1.165) is 12.0 Å². The standard InChI is InChI=1S/C9H12ClNO.ClH/c1-2-6-3-7(5-11)9(12)8(10)4-6;/h3-4,12H,2,5,11H2,1H3;1H. The Balaban J connectivity index is 0.00000144. The first-order chi connectivity index (χ1) is 5.69. The Morgan fingerprint density at radius 3 is 2.54 bits per heavy atom. The zero-order valence-corrected chi connectivity index (χ0v) is 8.95. The Morgan fingerprint density at radius 2 is 2.08 bits per heavy atom. The number of phenols is 1. The van der Waals surface area contributed by atoms with Crippen LogP contribution in [0.5, 0.6) is 5.75 Å². The summed E-state index contributed by atoms with van der Waals surface area (Å²) >= 11 is 5.77. The van der Waals surface area contributed by atoms with Crippen molar-refractivity contribution < 1.29 is 5.11 Å². The van der Waals surface area contributed by atoms with E-state index in [0.29, 0.717) is 17.1 Å². The summed E-state index contributed by atoms with van der Waals surface area (Å²) in [5.74, 6) is 0.108. The highest BCUT2D eigenvalue weighted by Crippen LogP contribution is 2.28. The summed E-state index contributed by atoms with van der Waals surface area (Å²) in [6, 6.07) is 3.64. The van der Waals surface area contributed by atoms with Gasteiger partial charge in [0.2, 0.25) is 0 Å². The van der Waals surface area contributed by atoms with Crippen LogP contribution in [0.3, 0.4) is 0 Å². The Hall–Kier alpha value is -0.440. The molecule has 0 aliphatic carbocycles. The molecule has 0 aromatic heterocycles. The molecule has 0 spiro atoms. The van der Waals surface area contributed by atoms with Crippen molar-refractivity contribution in [3.8, 4) is 5.75 Å². The predicted molar refractivity (Wildman–Crippen MR) is 57.6 cm³/mol. The highest BCUT2D eigenvalue weighted by atomic mass is 35.5. The predicted octanol–water partition coefficient (Wildman–Crippen LogP) is 2.49. The van der Waals surface area contributed by atoms with Crippen molar-refractivity contribution in [1.82, 2.24) is 0 Å². The van der Waals surface area contributed by atoms with E-state index in [1.165, 1.54) is 0 Å². The van der Waals surface area contributed by atoms with Crippen molar-refractivity contribution in [3.05, 3.63) is 28.3 Å². The first kappa shape index (κ1) is 12.6. The molecule has 0 saturated carbocycles. The van der Waals surface area contributed by atoms with E-state index < -0.39 is 0 Å². The summed E-state index contributed by atoms with van der Waals surface area (Å²) in [5.41, 5.74) is 7.23. The van der Waals surface area contributed by atoms with E-state index in [9.17, 15) is 5.11 Å². The summed E-state index contributed by atoms with van der Waals surface area (Å²) in [7, 11) is 0. The minimum absolute atomic E-state index is 0. The average molecular weight is 222 g/mol. The molecule has 0 aliphatic rings. The molecule has 3 N–H and O–H groups in total.